The molecule has 1 amide bonds. The monoisotopic (exact) mass is 386 g/mol. The molecule has 5 heteroatoms. The predicted molar refractivity (Wildman–Crippen MR) is 95.1 cm³/mol. The van der Waals surface area contributed by atoms with Gasteiger partial charge >= 0.3 is 0 Å². The average Bonchev–Trinajstić information content (AvgIpc) is 2.39. The number of hydrogen-bond acceptors (Lipinski definition) is 2. The van der Waals surface area contributed by atoms with E-state index in [-0.39, 0.29) is 18.3 Å². The first kappa shape index (κ1) is 17.8. The molecule has 2 saturated carbocycles. The van der Waals surface area contributed by atoms with Crippen LogP contribution >= 0.6 is 28.3 Å². The summed E-state index contributed by atoms with van der Waals surface area (Å²) in [6.45, 7) is 0. The fourth-order valence-corrected chi connectivity index (χ4v) is 4.54. The summed E-state index contributed by atoms with van der Waals surface area (Å²) in [7, 11) is 0. The lowest BCUT2D eigenvalue weighted by Gasteiger charge is -2.45. The van der Waals surface area contributed by atoms with Gasteiger partial charge in [0.1, 0.15) is 0 Å². The van der Waals surface area contributed by atoms with E-state index < -0.39 is 0 Å². The van der Waals surface area contributed by atoms with Crippen molar-refractivity contribution in [1.29, 1.82) is 0 Å². The number of amides is 1. The van der Waals surface area contributed by atoms with E-state index in [1.165, 1.54) is 19.3 Å². The predicted octanol–water partition coefficient (Wildman–Crippen LogP) is 3.44. The van der Waals surface area contributed by atoms with Crippen molar-refractivity contribution in [2.45, 2.75) is 50.6 Å². The van der Waals surface area contributed by atoms with E-state index in [4.69, 9.17) is 5.73 Å². The second kappa shape index (κ2) is 7.80. The Balaban J connectivity index is 0.00000176. The molecule has 122 valence electrons. The zero-order valence-electron chi connectivity index (χ0n) is 12.6. The maximum Gasteiger partial charge on any atom is 0.224 e. The molecule has 0 saturated heterocycles. The van der Waals surface area contributed by atoms with Crippen LogP contribution in [-0.4, -0.2) is 18.0 Å². The molecule has 2 aliphatic carbocycles. The first-order chi connectivity index (χ1) is 10.1. The molecule has 3 N–H and O–H groups in total. The van der Waals surface area contributed by atoms with Crippen LogP contribution in [0.5, 0.6) is 0 Å². The zero-order valence-corrected chi connectivity index (χ0v) is 15.0. The van der Waals surface area contributed by atoms with Crippen LogP contribution in [0.1, 0.15) is 37.7 Å². The van der Waals surface area contributed by atoms with E-state index in [0.717, 1.165) is 22.9 Å². The highest BCUT2D eigenvalue weighted by atomic mass is 79.9. The summed E-state index contributed by atoms with van der Waals surface area (Å²) in [5, 5.41) is 3.30. The summed E-state index contributed by atoms with van der Waals surface area (Å²) >= 11 is 3.45. The number of halogens is 2. The molecule has 2 atom stereocenters. The van der Waals surface area contributed by atoms with Crippen LogP contribution in [0, 0.1) is 11.8 Å². The zero-order chi connectivity index (χ0) is 14.8. The van der Waals surface area contributed by atoms with Crippen LogP contribution in [0.4, 0.5) is 0 Å². The maximum absolute atomic E-state index is 12.3. The van der Waals surface area contributed by atoms with Gasteiger partial charge in [0.25, 0.3) is 0 Å². The summed E-state index contributed by atoms with van der Waals surface area (Å²) in [6, 6.07) is 8.64. The summed E-state index contributed by atoms with van der Waals surface area (Å²) < 4.78 is 1.02. The van der Waals surface area contributed by atoms with Gasteiger partial charge in [0, 0.05) is 16.6 Å². The van der Waals surface area contributed by atoms with Gasteiger partial charge in [-0.1, -0.05) is 34.5 Å². The Morgan fingerprint density at radius 3 is 2.59 bits per heavy atom. The molecule has 2 fully saturated rings. The van der Waals surface area contributed by atoms with Crippen LogP contribution in [0.25, 0.3) is 0 Å². The first-order valence-corrected chi connectivity index (χ1v) is 8.70. The second-order valence-electron chi connectivity index (χ2n) is 6.58. The number of carbonyl (C=O) groups excluding carboxylic acids is 1. The van der Waals surface area contributed by atoms with Crippen LogP contribution in [0.15, 0.2) is 28.7 Å². The highest BCUT2D eigenvalue weighted by Gasteiger charge is 2.39. The normalized spacial score (nSPS) is 30.3. The lowest BCUT2D eigenvalue weighted by molar-refractivity contribution is -0.122. The summed E-state index contributed by atoms with van der Waals surface area (Å²) in [5.74, 6) is 1.31. The topological polar surface area (TPSA) is 55.1 Å². The minimum absolute atomic E-state index is 0. The van der Waals surface area contributed by atoms with Crippen molar-refractivity contribution in [2.75, 3.05) is 0 Å². The van der Waals surface area contributed by atoms with Crippen LogP contribution in [0.2, 0.25) is 0 Å². The van der Waals surface area contributed by atoms with Gasteiger partial charge in [-0.3, -0.25) is 4.79 Å². The van der Waals surface area contributed by atoms with Crippen LogP contribution < -0.4 is 11.1 Å². The molecule has 2 bridgehead atoms. The molecule has 22 heavy (non-hydrogen) atoms. The largest absolute Gasteiger partial charge is 0.353 e. The van der Waals surface area contributed by atoms with E-state index in [1.807, 2.05) is 24.3 Å². The molecule has 2 unspecified atom stereocenters. The minimum atomic E-state index is 0. The van der Waals surface area contributed by atoms with Gasteiger partial charge in [0.05, 0.1) is 6.42 Å². The first-order valence-electron chi connectivity index (χ1n) is 7.91. The van der Waals surface area contributed by atoms with Gasteiger partial charge in [0.2, 0.25) is 5.91 Å². The van der Waals surface area contributed by atoms with Gasteiger partial charge in [0.15, 0.2) is 0 Å². The Kier molecular flexibility index (Phi) is 6.30. The second-order valence-corrected chi connectivity index (χ2v) is 7.50. The molecule has 0 radical (unpaired) electrons. The van der Waals surface area contributed by atoms with Gasteiger partial charge in [-0.25, -0.2) is 0 Å². The van der Waals surface area contributed by atoms with Gasteiger partial charge in [-0.05, 0) is 55.2 Å². The molecular formula is C17H24BrClN2O. The van der Waals surface area contributed by atoms with Crippen molar-refractivity contribution < 1.29 is 4.79 Å². The third kappa shape index (κ3) is 4.24. The summed E-state index contributed by atoms with van der Waals surface area (Å²) in [6.07, 6.45) is 6.32. The van der Waals surface area contributed by atoms with E-state index in [2.05, 4.69) is 21.2 Å². The molecule has 1 aromatic rings. The Bertz CT molecular complexity index is 511. The quantitative estimate of drug-likeness (QED) is 0.835. The van der Waals surface area contributed by atoms with Crippen molar-refractivity contribution in [2.24, 2.45) is 17.6 Å². The Labute approximate surface area is 147 Å². The van der Waals surface area contributed by atoms with E-state index in [1.54, 1.807) is 0 Å². The van der Waals surface area contributed by atoms with Crippen LogP contribution in [-0.2, 0) is 11.2 Å². The highest BCUT2D eigenvalue weighted by molar-refractivity contribution is 9.10. The van der Waals surface area contributed by atoms with E-state index in [9.17, 15) is 4.79 Å². The lowest BCUT2D eigenvalue weighted by atomic mass is 9.67. The molecule has 3 rings (SSSR count). The third-order valence-corrected chi connectivity index (χ3v) is 5.45. The third-order valence-electron chi connectivity index (χ3n) is 4.96. The number of nitrogens with two attached hydrogens (primary N) is 1. The molecule has 0 heterocycles. The Morgan fingerprint density at radius 2 is 1.95 bits per heavy atom. The summed E-state index contributed by atoms with van der Waals surface area (Å²) in [4.78, 5) is 12.3. The minimum Gasteiger partial charge on any atom is -0.353 e. The summed E-state index contributed by atoms with van der Waals surface area (Å²) in [5.41, 5.74) is 7.20. The molecule has 3 nitrogen and oxygen atoms in total. The Morgan fingerprint density at radius 1 is 1.27 bits per heavy atom. The maximum atomic E-state index is 12.3. The molecule has 0 aromatic heterocycles. The fourth-order valence-electron chi connectivity index (χ4n) is 4.09. The Hall–Kier alpha value is -0.580. The van der Waals surface area contributed by atoms with E-state index >= 15 is 0 Å². The van der Waals surface area contributed by atoms with Crippen molar-refractivity contribution in [3.63, 3.8) is 0 Å². The lowest BCUT2D eigenvalue weighted by Crippen LogP contribution is -2.54. The standard InChI is InChI=1S/C17H23BrN2O.ClH/c18-14-6-1-3-11(7-14)8-16(21)20-17-12-4-2-5-13(17)10-15(19)9-12;/h1,3,6-7,12-13,15,17H,2,4-5,8-10,19H2,(H,20,21);1H. The van der Waals surface area contributed by atoms with E-state index in [0.29, 0.717) is 30.3 Å². The SMILES string of the molecule is Cl.NC1CC2CCCC(C1)C2NC(=O)Cc1cccc(Br)c1. The molecule has 0 spiro atoms. The van der Waals surface area contributed by atoms with Gasteiger partial charge < -0.3 is 11.1 Å². The average molecular weight is 388 g/mol. The number of hydrogen-bond donors (Lipinski definition) is 2. The van der Waals surface area contributed by atoms with Gasteiger partial charge in [-0.15, -0.1) is 12.4 Å². The van der Waals surface area contributed by atoms with Crippen molar-refractivity contribution in [1.82, 2.24) is 5.32 Å². The number of carbonyl (C=O) groups is 1. The van der Waals surface area contributed by atoms with Crippen LogP contribution in [0.3, 0.4) is 0 Å². The van der Waals surface area contributed by atoms with Gasteiger partial charge in [-0.2, -0.15) is 0 Å². The molecule has 2 aliphatic rings. The number of benzene rings is 1. The highest BCUT2D eigenvalue weighted by Crippen LogP contribution is 2.39. The molecule has 0 aliphatic heterocycles. The van der Waals surface area contributed by atoms with Crippen molar-refractivity contribution >= 4 is 34.2 Å². The molecular weight excluding hydrogens is 364 g/mol. The number of fused-ring (bicyclic) bond motifs is 2. The number of nitrogens with one attached hydrogen (secondary N) is 1. The fraction of sp³-hybridized carbons (Fsp3) is 0.588. The molecule has 1 aromatic carbocycles. The number of rotatable bonds is 3. The van der Waals surface area contributed by atoms with Crippen molar-refractivity contribution in [3.8, 4) is 0 Å². The smallest absolute Gasteiger partial charge is 0.224 e. The van der Waals surface area contributed by atoms with Crippen molar-refractivity contribution in [3.05, 3.63) is 34.3 Å².